The van der Waals surface area contributed by atoms with Crippen molar-refractivity contribution in [2.45, 2.75) is 32.4 Å². The van der Waals surface area contributed by atoms with E-state index in [0.29, 0.717) is 12.2 Å². The maximum Gasteiger partial charge on any atom is 0.407 e. The molecule has 0 bridgehead atoms. The van der Waals surface area contributed by atoms with E-state index < -0.39 is 47.2 Å². The predicted molar refractivity (Wildman–Crippen MR) is 186 cm³/mol. The van der Waals surface area contributed by atoms with E-state index in [-0.39, 0.29) is 65.9 Å². The Morgan fingerprint density at radius 3 is 2.21 bits per heavy atom. The number of nitrogens with zero attached hydrogens (tertiary/aromatic N) is 5. The zero-order chi connectivity index (χ0) is 37.7. The van der Waals surface area contributed by atoms with Crippen molar-refractivity contribution in [3.63, 3.8) is 0 Å². The summed E-state index contributed by atoms with van der Waals surface area (Å²) in [4.78, 5) is 61.0. The molecule has 1 aliphatic rings. The van der Waals surface area contributed by atoms with Crippen LogP contribution in [0.4, 0.5) is 34.1 Å². The normalized spacial score (nSPS) is 14.0. The van der Waals surface area contributed by atoms with Gasteiger partial charge in [-0.3, -0.25) is 14.5 Å². The Hall–Kier alpha value is -6.00. The molecule has 1 saturated heterocycles. The summed E-state index contributed by atoms with van der Waals surface area (Å²) in [5.41, 5.74) is -0.424. The Morgan fingerprint density at radius 2 is 1.60 bits per heavy atom. The number of anilines is 2. The number of methoxy groups -OCH3 is 3. The molecule has 5 rings (SSSR count). The standard InChI is InChI=1S/C35H38F3N7O7/c1-6-27(41-35(49)52-5)33(47)42-13-15-43(16-14-42)45-31(40-28-19-26(38)25(37)18-24(28)32(45)46)20(2)44(29-12-11-23(50-3)17-30(29)51-4)34(48)39-22-9-7-21(36)8-10-22/h7-12,17-20,27H,6,13-16H2,1-5H3,(H,39,48)(H,41,49). The summed E-state index contributed by atoms with van der Waals surface area (Å²) in [5.74, 6) is -2.74. The van der Waals surface area contributed by atoms with Gasteiger partial charge in [-0.15, -0.1) is 0 Å². The van der Waals surface area contributed by atoms with Crippen molar-refractivity contribution in [3.8, 4) is 11.5 Å². The van der Waals surface area contributed by atoms with Crippen LogP contribution in [-0.2, 0) is 9.53 Å². The number of rotatable bonds is 10. The van der Waals surface area contributed by atoms with Gasteiger partial charge in [-0.1, -0.05) is 6.92 Å². The minimum absolute atomic E-state index is 0.0331. The second-order valence-electron chi connectivity index (χ2n) is 11.8. The van der Waals surface area contributed by atoms with Crippen molar-refractivity contribution in [1.82, 2.24) is 19.9 Å². The van der Waals surface area contributed by atoms with Gasteiger partial charge in [0.1, 0.15) is 23.4 Å². The van der Waals surface area contributed by atoms with Crippen LogP contribution in [0.3, 0.4) is 0 Å². The minimum atomic E-state index is -1.25. The van der Waals surface area contributed by atoms with Crippen LogP contribution in [0.1, 0.15) is 32.1 Å². The Morgan fingerprint density at radius 1 is 0.923 bits per heavy atom. The van der Waals surface area contributed by atoms with Gasteiger partial charge < -0.3 is 34.8 Å². The van der Waals surface area contributed by atoms with Crippen LogP contribution in [0.25, 0.3) is 10.9 Å². The van der Waals surface area contributed by atoms with Gasteiger partial charge in [-0.2, -0.15) is 0 Å². The van der Waals surface area contributed by atoms with Crippen LogP contribution in [0.2, 0.25) is 0 Å². The van der Waals surface area contributed by atoms with Crippen molar-refractivity contribution in [1.29, 1.82) is 0 Å². The first-order valence-electron chi connectivity index (χ1n) is 16.3. The van der Waals surface area contributed by atoms with Gasteiger partial charge in [0.15, 0.2) is 17.5 Å². The highest BCUT2D eigenvalue weighted by Crippen LogP contribution is 2.37. The molecule has 0 radical (unpaired) electrons. The van der Waals surface area contributed by atoms with E-state index in [2.05, 4.69) is 20.4 Å². The summed E-state index contributed by atoms with van der Waals surface area (Å²) in [6, 6.07) is 8.68. The van der Waals surface area contributed by atoms with Gasteiger partial charge in [-0.25, -0.2) is 32.4 Å². The van der Waals surface area contributed by atoms with E-state index in [1.165, 1.54) is 60.1 Å². The maximum absolute atomic E-state index is 14.5. The molecular formula is C35H38F3N7O7. The van der Waals surface area contributed by atoms with Crippen LogP contribution in [0, 0.1) is 17.5 Å². The van der Waals surface area contributed by atoms with Crippen LogP contribution in [0.15, 0.2) is 59.4 Å². The maximum atomic E-state index is 14.5. The fourth-order valence-corrected chi connectivity index (χ4v) is 5.92. The molecule has 1 aliphatic heterocycles. The summed E-state index contributed by atoms with van der Waals surface area (Å²) in [6.45, 7) is 3.74. The van der Waals surface area contributed by atoms with Gasteiger partial charge >= 0.3 is 12.1 Å². The number of fused-ring (bicyclic) bond motifs is 1. The number of halogens is 3. The van der Waals surface area contributed by atoms with Gasteiger partial charge in [0.25, 0.3) is 5.56 Å². The summed E-state index contributed by atoms with van der Waals surface area (Å²) in [5, 5.41) is 6.63. The number of carbonyl (C=O) groups excluding carboxylic acids is 3. The molecule has 14 nitrogen and oxygen atoms in total. The molecule has 2 unspecified atom stereocenters. The van der Waals surface area contributed by atoms with E-state index in [1.807, 2.05) is 0 Å². The van der Waals surface area contributed by atoms with E-state index in [0.717, 1.165) is 12.1 Å². The molecule has 17 heteroatoms. The predicted octanol–water partition coefficient (Wildman–Crippen LogP) is 4.55. The zero-order valence-corrected chi connectivity index (χ0v) is 29.1. The van der Waals surface area contributed by atoms with Crippen LogP contribution >= 0.6 is 0 Å². The van der Waals surface area contributed by atoms with Crippen LogP contribution in [-0.4, -0.2) is 86.1 Å². The molecule has 4 amide bonds. The lowest BCUT2D eigenvalue weighted by atomic mass is 10.1. The third-order valence-electron chi connectivity index (χ3n) is 8.67. The van der Waals surface area contributed by atoms with Crippen molar-refractivity contribution < 1.29 is 41.8 Å². The smallest absolute Gasteiger partial charge is 0.407 e. The highest BCUT2D eigenvalue weighted by atomic mass is 19.2. The summed E-state index contributed by atoms with van der Waals surface area (Å²) >= 11 is 0. The monoisotopic (exact) mass is 725 g/mol. The van der Waals surface area contributed by atoms with Crippen molar-refractivity contribution in [2.75, 3.05) is 62.7 Å². The van der Waals surface area contributed by atoms with E-state index >= 15 is 0 Å². The highest BCUT2D eigenvalue weighted by Gasteiger charge is 2.34. The van der Waals surface area contributed by atoms with Crippen molar-refractivity contribution >= 4 is 40.3 Å². The number of hydrogen-bond donors (Lipinski definition) is 2. The van der Waals surface area contributed by atoms with Gasteiger partial charge in [0.2, 0.25) is 5.91 Å². The zero-order valence-electron chi connectivity index (χ0n) is 29.1. The van der Waals surface area contributed by atoms with Crippen molar-refractivity contribution in [2.24, 2.45) is 0 Å². The number of ether oxygens (including phenoxy) is 3. The van der Waals surface area contributed by atoms with E-state index in [9.17, 15) is 32.3 Å². The second kappa shape index (κ2) is 15.9. The van der Waals surface area contributed by atoms with Gasteiger partial charge in [0, 0.05) is 30.9 Å². The number of nitrogens with one attached hydrogen (secondary N) is 2. The van der Waals surface area contributed by atoms with E-state index in [1.54, 1.807) is 37.1 Å². The molecule has 0 saturated carbocycles. The third kappa shape index (κ3) is 7.67. The topological polar surface area (TPSA) is 148 Å². The quantitative estimate of drug-likeness (QED) is 0.241. The summed E-state index contributed by atoms with van der Waals surface area (Å²) < 4.78 is 59.6. The molecule has 2 atom stereocenters. The molecule has 0 aliphatic carbocycles. The minimum Gasteiger partial charge on any atom is -0.497 e. The number of hydrogen-bond acceptors (Lipinski definition) is 9. The number of piperazine rings is 1. The average Bonchev–Trinajstić information content (AvgIpc) is 3.15. The molecule has 276 valence electrons. The third-order valence-corrected chi connectivity index (χ3v) is 8.67. The molecule has 1 fully saturated rings. The fraction of sp³-hybridized carbons (Fsp3) is 0.343. The first kappa shape index (κ1) is 37.3. The molecular weight excluding hydrogens is 687 g/mol. The lowest BCUT2D eigenvalue weighted by Crippen LogP contribution is -2.59. The molecule has 4 aromatic rings. The van der Waals surface area contributed by atoms with Gasteiger partial charge in [0.05, 0.1) is 57.1 Å². The lowest BCUT2D eigenvalue weighted by Gasteiger charge is -2.40. The average molecular weight is 726 g/mol. The number of aromatic nitrogens is 2. The van der Waals surface area contributed by atoms with Crippen molar-refractivity contribution in [3.05, 3.63) is 88.2 Å². The molecule has 52 heavy (non-hydrogen) atoms. The molecule has 3 aromatic carbocycles. The summed E-state index contributed by atoms with van der Waals surface area (Å²) in [7, 11) is 4.05. The number of alkyl carbamates (subject to hydrolysis) is 1. The Labute approximate surface area is 296 Å². The molecule has 1 aromatic heterocycles. The van der Waals surface area contributed by atoms with Crippen LogP contribution in [0.5, 0.6) is 11.5 Å². The first-order chi connectivity index (χ1) is 24.9. The molecule has 0 spiro atoms. The number of carbonyl (C=O) groups is 3. The molecule has 2 N–H and O–H groups in total. The SMILES string of the molecule is CCC(NC(=O)OC)C(=O)N1CCN(n2c(C(C)N(C(=O)Nc3ccc(F)cc3)c3ccc(OC)cc3OC)nc3cc(F)c(F)cc3c2=O)CC1. The number of urea groups is 1. The molecule has 2 heterocycles. The van der Waals surface area contributed by atoms with Crippen LogP contribution < -0.4 is 35.6 Å². The summed E-state index contributed by atoms with van der Waals surface area (Å²) in [6.07, 6.45) is -0.451. The highest BCUT2D eigenvalue weighted by molar-refractivity contribution is 6.03. The Bertz CT molecular complexity index is 2020. The second-order valence-corrected chi connectivity index (χ2v) is 11.8. The largest absolute Gasteiger partial charge is 0.497 e. The van der Waals surface area contributed by atoms with Gasteiger partial charge in [-0.05, 0) is 55.8 Å². The lowest BCUT2D eigenvalue weighted by molar-refractivity contribution is -0.133. The number of benzene rings is 3. The van der Waals surface area contributed by atoms with E-state index in [4.69, 9.17) is 9.47 Å². The fourth-order valence-electron chi connectivity index (χ4n) is 5.92. The Balaban J connectivity index is 1.61. The number of amides is 4. The first-order valence-corrected chi connectivity index (χ1v) is 16.3. The Kier molecular flexibility index (Phi) is 11.4.